The molecule has 1 aromatic heterocycles. The van der Waals surface area contributed by atoms with Crippen LogP contribution in [0.15, 0.2) is 47.4 Å². The number of nitrogens with zero attached hydrogens (tertiary/aromatic N) is 2. The summed E-state index contributed by atoms with van der Waals surface area (Å²) < 4.78 is 1.13. The van der Waals surface area contributed by atoms with Crippen molar-refractivity contribution >= 4 is 44.4 Å². The Balaban J connectivity index is 2.00. The Morgan fingerprint density at radius 2 is 1.89 bits per heavy atom. The minimum atomic E-state index is 0.0354. The molecule has 28 heavy (non-hydrogen) atoms. The van der Waals surface area contributed by atoms with Crippen LogP contribution in [0.25, 0.3) is 10.2 Å². The molecule has 0 radical (unpaired) electrons. The molecule has 6 heteroatoms. The number of quaternary nitrogens is 1. The number of nitrogens with one attached hydrogen (secondary N) is 1. The zero-order valence-corrected chi connectivity index (χ0v) is 18.6. The maximum atomic E-state index is 13.5. The standard InChI is InChI=1S/C22H27N3OS2/c1-5-24(6-2)14-15-25(21(26)17-11-7-8-12-18(17)27-4)22-23-20-16(3)10-9-13-19(20)28-22/h7-13H,5-6,14-15H2,1-4H3/p+1. The number of amides is 1. The Bertz CT molecular complexity index is 950. The SMILES string of the molecule is CC[NH+](CC)CCN(C(=O)c1ccccc1SC)c1nc2c(C)cccc2s1. The molecule has 0 aliphatic carbocycles. The lowest BCUT2D eigenvalue weighted by atomic mass is 10.2. The van der Waals surface area contributed by atoms with Gasteiger partial charge in [0, 0.05) is 4.90 Å². The molecule has 1 N–H and O–H groups in total. The van der Waals surface area contributed by atoms with Crippen LogP contribution in [0.4, 0.5) is 5.13 Å². The average Bonchev–Trinajstić information content (AvgIpc) is 3.16. The van der Waals surface area contributed by atoms with Crippen molar-refractivity contribution in [1.82, 2.24) is 4.98 Å². The molecule has 3 aromatic rings. The van der Waals surface area contributed by atoms with Crippen molar-refractivity contribution in [2.24, 2.45) is 0 Å². The van der Waals surface area contributed by atoms with E-state index in [9.17, 15) is 4.79 Å². The second-order valence-electron chi connectivity index (χ2n) is 6.78. The topological polar surface area (TPSA) is 37.6 Å². The van der Waals surface area contributed by atoms with Crippen LogP contribution < -0.4 is 9.80 Å². The predicted octanol–water partition coefficient (Wildman–Crippen LogP) is 3.90. The number of thiazole rings is 1. The molecule has 0 saturated carbocycles. The summed E-state index contributed by atoms with van der Waals surface area (Å²) in [5, 5.41) is 0.789. The number of fused-ring (bicyclic) bond motifs is 1. The van der Waals surface area contributed by atoms with Gasteiger partial charge in [-0.2, -0.15) is 0 Å². The summed E-state index contributed by atoms with van der Waals surface area (Å²) in [4.78, 5) is 22.8. The number of aryl methyl sites for hydroxylation is 1. The highest BCUT2D eigenvalue weighted by Crippen LogP contribution is 2.32. The molecule has 1 amide bonds. The number of para-hydroxylation sites is 1. The van der Waals surface area contributed by atoms with Crippen molar-refractivity contribution in [3.05, 3.63) is 53.6 Å². The smallest absolute Gasteiger partial charge is 0.261 e. The highest BCUT2D eigenvalue weighted by molar-refractivity contribution is 7.98. The third kappa shape index (κ3) is 4.40. The van der Waals surface area contributed by atoms with E-state index < -0.39 is 0 Å². The molecule has 4 nitrogen and oxygen atoms in total. The summed E-state index contributed by atoms with van der Waals surface area (Å²) in [6.45, 7) is 10.1. The third-order valence-electron chi connectivity index (χ3n) is 5.11. The Kier molecular flexibility index (Phi) is 7.10. The van der Waals surface area contributed by atoms with Crippen molar-refractivity contribution in [2.45, 2.75) is 25.7 Å². The van der Waals surface area contributed by atoms with E-state index in [0.717, 1.165) is 51.0 Å². The number of aromatic nitrogens is 1. The number of anilines is 1. The van der Waals surface area contributed by atoms with Crippen LogP contribution >= 0.6 is 23.1 Å². The second kappa shape index (κ2) is 9.54. The normalized spacial score (nSPS) is 11.3. The summed E-state index contributed by atoms with van der Waals surface area (Å²) >= 11 is 3.21. The second-order valence-corrected chi connectivity index (χ2v) is 8.64. The van der Waals surface area contributed by atoms with Crippen molar-refractivity contribution in [3.63, 3.8) is 0 Å². The summed E-state index contributed by atoms with van der Waals surface area (Å²) in [5.74, 6) is 0.0354. The lowest BCUT2D eigenvalue weighted by molar-refractivity contribution is -0.894. The van der Waals surface area contributed by atoms with Gasteiger partial charge >= 0.3 is 0 Å². The first-order valence-corrected chi connectivity index (χ1v) is 11.8. The number of benzene rings is 2. The van der Waals surface area contributed by atoms with Crippen LogP contribution in [0.5, 0.6) is 0 Å². The van der Waals surface area contributed by atoms with Crippen LogP contribution in [-0.2, 0) is 0 Å². The van der Waals surface area contributed by atoms with E-state index in [2.05, 4.69) is 39.0 Å². The first-order chi connectivity index (χ1) is 13.6. The molecule has 0 aliphatic heterocycles. The number of carbonyl (C=O) groups excluding carboxylic acids is 1. The van der Waals surface area contributed by atoms with Crippen molar-refractivity contribution in [3.8, 4) is 0 Å². The monoisotopic (exact) mass is 414 g/mol. The molecular formula is C22H28N3OS2+. The minimum Gasteiger partial charge on any atom is -0.334 e. The molecule has 2 aromatic carbocycles. The molecular weight excluding hydrogens is 386 g/mol. The Morgan fingerprint density at radius 1 is 1.14 bits per heavy atom. The largest absolute Gasteiger partial charge is 0.334 e. The zero-order valence-electron chi connectivity index (χ0n) is 17.0. The average molecular weight is 415 g/mol. The number of rotatable bonds is 8. The Hall–Kier alpha value is -1.89. The summed E-state index contributed by atoms with van der Waals surface area (Å²) in [6, 6.07) is 14.0. The summed E-state index contributed by atoms with van der Waals surface area (Å²) in [7, 11) is 0. The molecule has 0 fully saturated rings. The molecule has 1 heterocycles. The zero-order chi connectivity index (χ0) is 20.1. The fourth-order valence-corrected chi connectivity index (χ4v) is 4.97. The Labute approximate surface area is 175 Å². The number of carbonyl (C=O) groups is 1. The molecule has 3 rings (SSSR count). The minimum absolute atomic E-state index is 0.0354. The lowest BCUT2D eigenvalue weighted by Gasteiger charge is -2.23. The van der Waals surface area contributed by atoms with Gasteiger partial charge in [-0.1, -0.05) is 35.6 Å². The van der Waals surface area contributed by atoms with Gasteiger partial charge in [0.25, 0.3) is 5.91 Å². The van der Waals surface area contributed by atoms with E-state index in [1.54, 1.807) is 23.1 Å². The van der Waals surface area contributed by atoms with Gasteiger partial charge in [-0.05, 0) is 50.8 Å². The molecule has 148 valence electrons. The van der Waals surface area contributed by atoms with Gasteiger partial charge in [-0.15, -0.1) is 11.8 Å². The number of thioether (sulfide) groups is 1. The van der Waals surface area contributed by atoms with Crippen LogP contribution in [0, 0.1) is 6.92 Å². The molecule has 0 spiro atoms. The highest BCUT2D eigenvalue weighted by atomic mass is 32.2. The van der Waals surface area contributed by atoms with Gasteiger partial charge in [0.1, 0.15) is 0 Å². The fourth-order valence-electron chi connectivity index (χ4n) is 3.31. The van der Waals surface area contributed by atoms with E-state index in [1.165, 1.54) is 4.90 Å². The van der Waals surface area contributed by atoms with Crippen LogP contribution in [0.2, 0.25) is 0 Å². The van der Waals surface area contributed by atoms with Crippen molar-refractivity contribution in [2.75, 3.05) is 37.3 Å². The van der Waals surface area contributed by atoms with Gasteiger partial charge < -0.3 is 4.90 Å². The van der Waals surface area contributed by atoms with E-state index in [4.69, 9.17) is 4.98 Å². The first kappa shape index (κ1) is 20.8. The fraction of sp³-hybridized carbons (Fsp3) is 0.364. The highest BCUT2D eigenvalue weighted by Gasteiger charge is 2.24. The number of likely N-dealkylation sites (N-methyl/N-ethyl adjacent to an activating group) is 1. The maximum absolute atomic E-state index is 13.5. The quantitative estimate of drug-likeness (QED) is 0.568. The van der Waals surface area contributed by atoms with Gasteiger partial charge in [0.15, 0.2) is 5.13 Å². The van der Waals surface area contributed by atoms with Crippen LogP contribution in [0.1, 0.15) is 29.8 Å². The molecule has 0 atom stereocenters. The summed E-state index contributed by atoms with van der Waals surface area (Å²) in [5.41, 5.74) is 2.89. The van der Waals surface area contributed by atoms with Crippen molar-refractivity contribution < 1.29 is 9.69 Å². The number of hydrogen-bond acceptors (Lipinski definition) is 4. The van der Waals surface area contributed by atoms with Crippen LogP contribution in [-0.4, -0.2) is 43.3 Å². The van der Waals surface area contributed by atoms with Crippen LogP contribution in [0.3, 0.4) is 0 Å². The first-order valence-electron chi connectivity index (χ1n) is 9.73. The lowest BCUT2D eigenvalue weighted by Crippen LogP contribution is -3.12. The van der Waals surface area contributed by atoms with E-state index in [0.29, 0.717) is 6.54 Å². The Morgan fingerprint density at radius 3 is 2.57 bits per heavy atom. The number of hydrogen-bond donors (Lipinski definition) is 1. The third-order valence-corrected chi connectivity index (χ3v) is 6.95. The molecule has 0 unspecified atom stereocenters. The van der Waals surface area contributed by atoms with Gasteiger partial charge in [0.2, 0.25) is 0 Å². The molecule has 0 aliphatic rings. The van der Waals surface area contributed by atoms with Gasteiger partial charge in [-0.25, -0.2) is 4.98 Å². The van der Waals surface area contributed by atoms with Gasteiger partial charge in [0.05, 0.1) is 42.0 Å². The molecule has 0 bridgehead atoms. The van der Waals surface area contributed by atoms with Crippen molar-refractivity contribution in [1.29, 1.82) is 0 Å². The van der Waals surface area contributed by atoms with E-state index >= 15 is 0 Å². The summed E-state index contributed by atoms with van der Waals surface area (Å²) in [6.07, 6.45) is 2.01. The predicted molar refractivity (Wildman–Crippen MR) is 121 cm³/mol. The van der Waals surface area contributed by atoms with Gasteiger partial charge in [-0.3, -0.25) is 9.69 Å². The van der Waals surface area contributed by atoms with E-state index in [1.807, 2.05) is 35.4 Å². The van der Waals surface area contributed by atoms with E-state index in [-0.39, 0.29) is 5.91 Å². The molecule has 0 saturated heterocycles. The maximum Gasteiger partial charge on any atom is 0.261 e.